The van der Waals surface area contributed by atoms with Gasteiger partial charge in [-0.25, -0.2) is 14.6 Å². The van der Waals surface area contributed by atoms with Crippen LogP contribution in [0, 0.1) is 6.92 Å². The number of halogens is 3. The van der Waals surface area contributed by atoms with E-state index in [4.69, 9.17) is 9.72 Å². The molecule has 0 aliphatic heterocycles. The zero-order valence-electron chi connectivity index (χ0n) is 23.4. The van der Waals surface area contributed by atoms with Gasteiger partial charge in [0.2, 0.25) is 0 Å². The number of unbranched alkanes of at least 4 members (excludes halogenated alkanes) is 2. The summed E-state index contributed by atoms with van der Waals surface area (Å²) in [6.45, 7) is 7.46. The number of rotatable bonds is 11. The van der Waals surface area contributed by atoms with E-state index in [1.807, 2.05) is 31.2 Å². The highest BCUT2D eigenvalue weighted by Gasteiger charge is 2.42. The molecule has 0 unspecified atom stereocenters. The van der Waals surface area contributed by atoms with Gasteiger partial charge in [0.25, 0.3) is 0 Å². The maximum atomic E-state index is 12.6. The van der Waals surface area contributed by atoms with E-state index in [-0.39, 0.29) is 5.56 Å². The van der Waals surface area contributed by atoms with Gasteiger partial charge in [0.05, 0.1) is 17.7 Å². The second-order valence-electron chi connectivity index (χ2n) is 9.91. The highest BCUT2D eigenvalue weighted by atomic mass is 19.4. The van der Waals surface area contributed by atoms with Gasteiger partial charge in [-0.3, -0.25) is 0 Å². The molecule has 41 heavy (non-hydrogen) atoms. The molecule has 216 valence electrons. The minimum absolute atomic E-state index is 0.135. The number of ether oxygens (including phenoxy) is 2. The lowest BCUT2D eigenvalue weighted by Gasteiger charge is -2.14. The van der Waals surface area contributed by atoms with Crippen LogP contribution in [0.3, 0.4) is 0 Å². The summed E-state index contributed by atoms with van der Waals surface area (Å²) in [6, 6.07) is 17.5. The largest absolute Gasteiger partial charge is 0.491 e. The SMILES string of the molecule is CCCCOc1ccc(C)c2nc(CCCC)n(Cc3ccc(-c4ccccc4C(=O)OC(=O)C(F)(F)F)cc3)c12. The van der Waals surface area contributed by atoms with Gasteiger partial charge in [0.1, 0.15) is 17.1 Å². The fraction of sp³-hybridized carbons (Fsp3) is 0.344. The fourth-order valence-electron chi connectivity index (χ4n) is 4.60. The first-order valence-corrected chi connectivity index (χ1v) is 13.8. The number of imidazole rings is 1. The molecule has 0 aliphatic carbocycles. The highest BCUT2D eigenvalue weighted by molar-refractivity contribution is 6.02. The molecular weight excluding hydrogens is 533 g/mol. The summed E-state index contributed by atoms with van der Waals surface area (Å²) in [7, 11) is 0. The fourth-order valence-corrected chi connectivity index (χ4v) is 4.60. The van der Waals surface area contributed by atoms with Crippen LogP contribution in [-0.4, -0.2) is 34.3 Å². The van der Waals surface area contributed by atoms with Crippen LogP contribution in [0.4, 0.5) is 13.2 Å². The van der Waals surface area contributed by atoms with Crippen LogP contribution in [0.1, 0.15) is 66.8 Å². The minimum Gasteiger partial charge on any atom is -0.491 e. The Balaban J connectivity index is 1.66. The summed E-state index contributed by atoms with van der Waals surface area (Å²) in [6.07, 6.45) is -0.429. The topological polar surface area (TPSA) is 70.4 Å². The number of benzene rings is 3. The molecule has 1 aromatic heterocycles. The number of aromatic nitrogens is 2. The Bertz CT molecular complexity index is 1520. The summed E-state index contributed by atoms with van der Waals surface area (Å²) in [4.78, 5) is 28.6. The smallest absolute Gasteiger partial charge is 0.491 e. The zero-order chi connectivity index (χ0) is 29.6. The van der Waals surface area contributed by atoms with E-state index in [1.165, 1.54) is 12.1 Å². The first-order valence-electron chi connectivity index (χ1n) is 13.8. The molecule has 0 aliphatic rings. The van der Waals surface area contributed by atoms with Crippen LogP contribution in [0.5, 0.6) is 5.75 Å². The van der Waals surface area contributed by atoms with Crippen molar-refractivity contribution in [3.63, 3.8) is 0 Å². The normalized spacial score (nSPS) is 11.6. The van der Waals surface area contributed by atoms with Gasteiger partial charge in [-0.2, -0.15) is 13.2 Å². The van der Waals surface area contributed by atoms with Gasteiger partial charge in [-0.15, -0.1) is 0 Å². The van der Waals surface area contributed by atoms with Gasteiger partial charge < -0.3 is 14.0 Å². The predicted octanol–water partition coefficient (Wildman–Crippen LogP) is 7.83. The lowest BCUT2D eigenvalue weighted by molar-refractivity contribution is -0.193. The van der Waals surface area contributed by atoms with Gasteiger partial charge in [-0.1, -0.05) is 75.2 Å². The molecule has 0 saturated carbocycles. The average Bonchev–Trinajstić information content (AvgIpc) is 3.32. The summed E-state index contributed by atoms with van der Waals surface area (Å²) in [5.41, 5.74) is 4.74. The number of alkyl halides is 3. The number of aryl methyl sites for hydroxylation is 2. The molecule has 9 heteroatoms. The number of nitrogens with zero attached hydrogens (tertiary/aromatic N) is 2. The Morgan fingerprint density at radius 2 is 1.63 bits per heavy atom. The number of carbonyl (C=O) groups excluding carboxylic acids is 2. The number of carbonyl (C=O) groups is 2. The van der Waals surface area contributed by atoms with E-state index >= 15 is 0 Å². The van der Waals surface area contributed by atoms with Crippen LogP contribution in [0.15, 0.2) is 60.7 Å². The Labute approximate surface area is 237 Å². The molecule has 0 bridgehead atoms. The first-order chi connectivity index (χ1) is 19.6. The number of hydrogen-bond acceptors (Lipinski definition) is 5. The van der Waals surface area contributed by atoms with Crippen LogP contribution >= 0.6 is 0 Å². The van der Waals surface area contributed by atoms with Crippen molar-refractivity contribution in [3.05, 3.63) is 83.2 Å². The Morgan fingerprint density at radius 1 is 0.927 bits per heavy atom. The zero-order valence-corrected chi connectivity index (χ0v) is 23.4. The lowest BCUT2D eigenvalue weighted by Crippen LogP contribution is -2.28. The third kappa shape index (κ3) is 6.96. The van der Waals surface area contributed by atoms with Crippen LogP contribution in [0.2, 0.25) is 0 Å². The first kappa shape index (κ1) is 29.8. The van der Waals surface area contributed by atoms with E-state index in [0.29, 0.717) is 24.3 Å². The van der Waals surface area contributed by atoms with E-state index in [1.54, 1.807) is 24.3 Å². The standard InChI is InChI=1S/C32H33F3N2O4/c1-4-6-12-27-36-28-21(3)13-18-26(40-19-7-5-2)29(28)37(27)20-22-14-16-23(17-15-22)24-10-8-9-11-25(24)30(38)41-31(39)32(33,34)35/h8-11,13-18H,4-7,12,19-20H2,1-3H3. The minimum atomic E-state index is -5.26. The molecule has 0 radical (unpaired) electrons. The van der Waals surface area contributed by atoms with E-state index < -0.39 is 18.1 Å². The van der Waals surface area contributed by atoms with Crippen LogP contribution in [-0.2, 0) is 22.5 Å². The molecule has 0 atom stereocenters. The van der Waals surface area contributed by atoms with Crippen molar-refractivity contribution in [2.24, 2.45) is 0 Å². The Hall–Kier alpha value is -4.14. The van der Waals surface area contributed by atoms with Gasteiger partial charge in [-0.05, 0) is 54.2 Å². The van der Waals surface area contributed by atoms with E-state index in [0.717, 1.165) is 65.8 Å². The second-order valence-corrected chi connectivity index (χ2v) is 9.91. The summed E-state index contributed by atoms with van der Waals surface area (Å²) in [5, 5.41) is 0. The van der Waals surface area contributed by atoms with E-state index in [9.17, 15) is 22.8 Å². The lowest BCUT2D eigenvalue weighted by atomic mass is 9.98. The molecule has 3 aromatic carbocycles. The molecule has 4 aromatic rings. The summed E-state index contributed by atoms with van der Waals surface area (Å²) < 4.78 is 50.3. The second kappa shape index (κ2) is 13.0. The van der Waals surface area contributed by atoms with Gasteiger partial charge in [0.15, 0.2) is 0 Å². The van der Waals surface area contributed by atoms with Crippen molar-refractivity contribution >= 4 is 23.0 Å². The Kier molecular flexibility index (Phi) is 9.47. The molecule has 0 fully saturated rings. The molecule has 1 heterocycles. The van der Waals surface area contributed by atoms with Crippen molar-refractivity contribution in [2.45, 2.75) is 65.6 Å². The van der Waals surface area contributed by atoms with Gasteiger partial charge in [0, 0.05) is 13.0 Å². The maximum absolute atomic E-state index is 12.6. The third-order valence-corrected chi connectivity index (χ3v) is 6.82. The van der Waals surface area contributed by atoms with Crippen molar-refractivity contribution < 1.29 is 32.2 Å². The monoisotopic (exact) mass is 566 g/mol. The molecule has 4 rings (SSSR count). The van der Waals surface area contributed by atoms with Crippen molar-refractivity contribution in [3.8, 4) is 16.9 Å². The van der Waals surface area contributed by atoms with Crippen LogP contribution in [0.25, 0.3) is 22.2 Å². The quantitative estimate of drug-likeness (QED) is 0.105. The number of hydrogen-bond donors (Lipinski definition) is 0. The van der Waals surface area contributed by atoms with Gasteiger partial charge >= 0.3 is 18.1 Å². The van der Waals surface area contributed by atoms with E-state index in [2.05, 4.69) is 23.2 Å². The van der Waals surface area contributed by atoms with Crippen LogP contribution < -0.4 is 4.74 Å². The summed E-state index contributed by atoms with van der Waals surface area (Å²) in [5.74, 6) is -2.13. The maximum Gasteiger partial charge on any atom is 0.491 e. The third-order valence-electron chi connectivity index (χ3n) is 6.82. The average molecular weight is 567 g/mol. The molecule has 6 nitrogen and oxygen atoms in total. The molecule has 0 spiro atoms. The molecule has 0 saturated heterocycles. The number of fused-ring (bicyclic) bond motifs is 1. The predicted molar refractivity (Wildman–Crippen MR) is 151 cm³/mol. The van der Waals surface area contributed by atoms with Crippen molar-refractivity contribution in [1.29, 1.82) is 0 Å². The molecular formula is C32H33F3N2O4. The summed E-state index contributed by atoms with van der Waals surface area (Å²) >= 11 is 0. The molecule has 0 N–H and O–H groups in total. The van der Waals surface area contributed by atoms with Crippen molar-refractivity contribution in [2.75, 3.05) is 6.61 Å². The van der Waals surface area contributed by atoms with Crippen molar-refractivity contribution in [1.82, 2.24) is 9.55 Å². The molecule has 0 amide bonds. The highest BCUT2D eigenvalue weighted by Crippen LogP contribution is 2.32. The Morgan fingerprint density at radius 3 is 2.32 bits per heavy atom. The number of esters is 2.